The monoisotopic (exact) mass is 286 g/mol. The summed E-state index contributed by atoms with van der Waals surface area (Å²) in [5.41, 5.74) is 8.16. The summed E-state index contributed by atoms with van der Waals surface area (Å²) in [7, 11) is 0. The Balaban J connectivity index is 2.87. The molecule has 0 aliphatic rings. The molecule has 0 saturated carbocycles. The Bertz CT molecular complexity index is 520. The van der Waals surface area contributed by atoms with Crippen LogP contribution in [-0.2, 0) is 4.79 Å². The number of carbonyl (C=O) groups excluding carboxylic acids is 1. The number of amides is 1. The third-order valence-electron chi connectivity index (χ3n) is 3.48. The molecule has 0 spiro atoms. The molecule has 0 heterocycles. The van der Waals surface area contributed by atoms with Crippen molar-refractivity contribution in [2.75, 3.05) is 11.9 Å². The predicted molar refractivity (Wildman–Crippen MR) is 89.0 cm³/mol. The van der Waals surface area contributed by atoms with Crippen molar-refractivity contribution in [3.8, 4) is 11.8 Å². The highest BCUT2D eigenvalue weighted by atomic mass is 16.1. The minimum atomic E-state index is 0.0955. The molecule has 1 rings (SSSR count). The quantitative estimate of drug-likeness (QED) is 0.787. The number of aryl methyl sites for hydroxylation is 1. The van der Waals surface area contributed by atoms with E-state index in [1.165, 1.54) is 0 Å². The molecule has 0 atom stereocenters. The lowest BCUT2D eigenvalue weighted by molar-refractivity contribution is -0.120. The first-order valence-corrected chi connectivity index (χ1v) is 7.72. The van der Waals surface area contributed by atoms with Gasteiger partial charge in [0.05, 0.1) is 6.54 Å². The van der Waals surface area contributed by atoms with E-state index >= 15 is 0 Å². The Morgan fingerprint density at radius 1 is 1.29 bits per heavy atom. The molecule has 0 saturated heterocycles. The Hall–Kier alpha value is -1.79. The Morgan fingerprint density at radius 3 is 2.52 bits per heavy atom. The highest BCUT2D eigenvalue weighted by molar-refractivity contribution is 5.93. The van der Waals surface area contributed by atoms with E-state index in [1.54, 1.807) is 0 Å². The lowest BCUT2D eigenvalue weighted by Crippen LogP contribution is -2.23. The van der Waals surface area contributed by atoms with Crippen LogP contribution < -0.4 is 11.1 Å². The second kappa shape index (κ2) is 9.20. The Kier molecular flexibility index (Phi) is 7.56. The van der Waals surface area contributed by atoms with Gasteiger partial charge in [0.2, 0.25) is 5.91 Å². The van der Waals surface area contributed by atoms with Crippen molar-refractivity contribution < 1.29 is 4.79 Å². The van der Waals surface area contributed by atoms with Crippen molar-refractivity contribution in [2.45, 2.75) is 46.5 Å². The SMILES string of the molecule is CCCC(CCC)C(=O)Nc1cc(C#CCN)ccc1C. The van der Waals surface area contributed by atoms with Gasteiger partial charge in [-0.2, -0.15) is 0 Å². The van der Waals surface area contributed by atoms with Crippen LogP contribution in [0.3, 0.4) is 0 Å². The van der Waals surface area contributed by atoms with Crippen LogP contribution >= 0.6 is 0 Å². The summed E-state index contributed by atoms with van der Waals surface area (Å²) in [6, 6.07) is 5.85. The first kappa shape index (κ1) is 17.3. The van der Waals surface area contributed by atoms with Crippen LogP contribution in [0.1, 0.15) is 50.7 Å². The van der Waals surface area contributed by atoms with E-state index in [2.05, 4.69) is 31.0 Å². The van der Waals surface area contributed by atoms with E-state index in [9.17, 15) is 4.79 Å². The summed E-state index contributed by atoms with van der Waals surface area (Å²) in [4.78, 5) is 12.4. The largest absolute Gasteiger partial charge is 0.326 e. The smallest absolute Gasteiger partial charge is 0.227 e. The number of nitrogens with one attached hydrogen (secondary N) is 1. The number of anilines is 1. The first-order valence-electron chi connectivity index (χ1n) is 7.72. The zero-order chi connectivity index (χ0) is 15.7. The zero-order valence-electron chi connectivity index (χ0n) is 13.3. The van der Waals surface area contributed by atoms with Gasteiger partial charge in [0, 0.05) is 17.2 Å². The number of hydrogen-bond donors (Lipinski definition) is 2. The van der Waals surface area contributed by atoms with E-state index in [0.29, 0.717) is 6.54 Å². The van der Waals surface area contributed by atoms with Gasteiger partial charge >= 0.3 is 0 Å². The average molecular weight is 286 g/mol. The maximum atomic E-state index is 12.4. The molecule has 0 aliphatic carbocycles. The second-order valence-electron chi connectivity index (χ2n) is 5.30. The molecular formula is C18H26N2O. The molecule has 0 aliphatic heterocycles. The van der Waals surface area contributed by atoms with Crippen LogP contribution in [0.15, 0.2) is 18.2 Å². The molecule has 0 radical (unpaired) electrons. The van der Waals surface area contributed by atoms with Crippen LogP contribution in [0.4, 0.5) is 5.69 Å². The van der Waals surface area contributed by atoms with Crippen molar-refractivity contribution in [2.24, 2.45) is 11.7 Å². The van der Waals surface area contributed by atoms with Gasteiger partial charge in [-0.3, -0.25) is 4.79 Å². The highest BCUT2D eigenvalue weighted by Crippen LogP contribution is 2.20. The van der Waals surface area contributed by atoms with Crippen molar-refractivity contribution in [1.82, 2.24) is 0 Å². The standard InChI is InChI=1S/C18H26N2O/c1-4-7-16(8-5-2)18(21)20-17-13-15(9-6-12-19)11-10-14(17)3/h10-11,13,16H,4-5,7-8,12,19H2,1-3H3,(H,20,21). The lowest BCUT2D eigenvalue weighted by Gasteiger charge is -2.16. The van der Waals surface area contributed by atoms with Crippen molar-refractivity contribution in [3.05, 3.63) is 29.3 Å². The van der Waals surface area contributed by atoms with Gasteiger partial charge in [-0.1, -0.05) is 44.6 Å². The third-order valence-corrected chi connectivity index (χ3v) is 3.48. The van der Waals surface area contributed by atoms with Gasteiger partial charge in [0.1, 0.15) is 0 Å². The van der Waals surface area contributed by atoms with E-state index in [1.807, 2.05) is 25.1 Å². The average Bonchev–Trinajstić information content (AvgIpc) is 2.47. The fourth-order valence-corrected chi connectivity index (χ4v) is 2.33. The van der Waals surface area contributed by atoms with Crippen LogP contribution in [0, 0.1) is 24.7 Å². The molecule has 0 bridgehead atoms. The fraction of sp³-hybridized carbons (Fsp3) is 0.500. The fourth-order valence-electron chi connectivity index (χ4n) is 2.33. The van der Waals surface area contributed by atoms with Gasteiger partial charge in [-0.15, -0.1) is 0 Å². The summed E-state index contributed by atoms with van der Waals surface area (Å²) >= 11 is 0. The number of carbonyl (C=O) groups is 1. The molecule has 1 amide bonds. The topological polar surface area (TPSA) is 55.1 Å². The van der Waals surface area contributed by atoms with E-state index in [-0.39, 0.29) is 11.8 Å². The molecule has 21 heavy (non-hydrogen) atoms. The summed E-state index contributed by atoms with van der Waals surface area (Å²) in [6.45, 7) is 6.56. The second-order valence-corrected chi connectivity index (χ2v) is 5.30. The predicted octanol–water partition coefficient (Wildman–Crippen LogP) is 3.46. The molecule has 3 nitrogen and oxygen atoms in total. The van der Waals surface area contributed by atoms with Gasteiger partial charge in [0.25, 0.3) is 0 Å². The van der Waals surface area contributed by atoms with Crippen LogP contribution in [0.25, 0.3) is 0 Å². The van der Waals surface area contributed by atoms with Crippen LogP contribution in [-0.4, -0.2) is 12.5 Å². The number of rotatable bonds is 6. The zero-order valence-corrected chi connectivity index (χ0v) is 13.3. The van der Waals surface area contributed by atoms with E-state index in [4.69, 9.17) is 5.73 Å². The molecule has 3 heteroatoms. The van der Waals surface area contributed by atoms with E-state index < -0.39 is 0 Å². The Labute approximate surface area is 128 Å². The van der Waals surface area contributed by atoms with E-state index in [0.717, 1.165) is 42.5 Å². The highest BCUT2D eigenvalue weighted by Gasteiger charge is 2.17. The van der Waals surface area contributed by atoms with Crippen LogP contribution in [0.5, 0.6) is 0 Å². The molecule has 0 unspecified atom stereocenters. The third kappa shape index (κ3) is 5.61. The molecular weight excluding hydrogens is 260 g/mol. The minimum Gasteiger partial charge on any atom is -0.326 e. The molecule has 0 fully saturated rings. The van der Waals surface area contributed by atoms with Crippen molar-refractivity contribution in [3.63, 3.8) is 0 Å². The molecule has 3 N–H and O–H groups in total. The number of hydrogen-bond acceptors (Lipinski definition) is 2. The summed E-state index contributed by atoms with van der Waals surface area (Å²) in [5.74, 6) is 6.04. The molecule has 114 valence electrons. The minimum absolute atomic E-state index is 0.0955. The number of benzene rings is 1. The summed E-state index contributed by atoms with van der Waals surface area (Å²) in [6.07, 6.45) is 3.93. The van der Waals surface area contributed by atoms with Crippen LogP contribution in [0.2, 0.25) is 0 Å². The summed E-state index contributed by atoms with van der Waals surface area (Å²) in [5, 5.41) is 3.06. The normalized spacial score (nSPS) is 10.1. The summed E-state index contributed by atoms with van der Waals surface area (Å²) < 4.78 is 0. The molecule has 1 aromatic rings. The lowest BCUT2D eigenvalue weighted by atomic mass is 9.97. The maximum absolute atomic E-state index is 12.4. The number of nitrogens with two attached hydrogens (primary N) is 1. The first-order chi connectivity index (χ1) is 10.1. The van der Waals surface area contributed by atoms with Gasteiger partial charge in [-0.25, -0.2) is 0 Å². The van der Waals surface area contributed by atoms with Gasteiger partial charge < -0.3 is 11.1 Å². The van der Waals surface area contributed by atoms with Gasteiger partial charge in [0.15, 0.2) is 0 Å². The molecule has 1 aromatic carbocycles. The van der Waals surface area contributed by atoms with Crippen molar-refractivity contribution in [1.29, 1.82) is 0 Å². The van der Waals surface area contributed by atoms with Gasteiger partial charge in [-0.05, 0) is 37.5 Å². The maximum Gasteiger partial charge on any atom is 0.227 e. The van der Waals surface area contributed by atoms with Crippen molar-refractivity contribution >= 4 is 11.6 Å². The molecule has 0 aromatic heterocycles. The Morgan fingerprint density at radius 2 is 1.95 bits per heavy atom.